The van der Waals surface area contributed by atoms with Crippen molar-refractivity contribution in [1.29, 1.82) is 0 Å². The molecule has 1 unspecified atom stereocenters. The second kappa shape index (κ2) is 9.74. The Kier molecular flexibility index (Phi) is 6.85. The van der Waals surface area contributed by atoms with Gasteiger partial charge >= 0.3 is 0 Å². The Labute approximate surface area is 171 Å². The van der Waals surface area contributed by atoms with Crippen LogP contribution in [0.15, 0.2) is 46.8 Å². The van der Waals surface area contributed by atoms with E-state index in [1.807, 2.05) is 24.3 Å². The van der Waals surface area contributed by atoms with Crippen molar-refractivity contribution in [2.75, 3.05) is 19.0 Å². The van der Waals surface area contributed by atoms with Crippen LogP contribution < -0.4 is 15.4 Å². The highest BCUT2D eigenvalue weighted by atomic mass is 32.1. The van der Waals surface area contributed by atoms with E-state index >= 15 is 0 Å². The molecule has 1 aromatic heterocycles. The lowest BCUT2D eigenvalue weighted by Gasteiger charge is -2.09. The number of allylic oxidation sites excluding steroid dienone is 1. The van der Waals surface area contributed by atoms with Crippen LogP contribution in [0.2, 0.25) is 0 Å². The van der Waals surface area contributed by atoms with E-state index in [0.717, 1.165) is 11.3 Å². The number of benzene rings is 1. The third-order valence-electron chi connectivity index (χ3n) is 4.17. The number of carbonyl (C=O) groups excluding carboxylic acids is 3. The van der Waals surface area contributed by atoms with Crippen molar-refractivity contribution < 1.29 is 19.1 Å². The minimum Gasteiger partial charge on any atom is -0.496 e. The van der Waals surface area contributed by atoms with Gasteiger partial charge in [-0.3, -0.25) is 14.4 Å². The van der Waals surface area contributed by atoms with Crippen molar-refractivity contribution >= 4 is 40.4 Å². The van der Waals surface area contributed by atoms with Crippen LogP contribution in [-0.2, 0) is 27.2 Å². The predicted octanol–water partition coefficient (Wildman–Crippen LogP) is 1.77. The molecule has 0 spiro atoms. The summed E-state index contributed by atoms with van der Waals surface area (Å²) < 4.78 is 5.29. The first-order valence-electron chi connectivity index (χ1n) is 8.95. The van der Waals surface area contributed by atoms with E-state index in [1.54, 1.807) is 18.6 Å². The minimum atomic E-state index is -0.953. The van der Waals surface area contributed by atoms with Crippen LogP contribution in [0.4, 0.5) is 5.13 Å². The third-order valence-corrected chi connectivity index (χ3v) is 4.98. The van der Waals surface area contributed by atoms with E-state index in [9.17, 15) is 14.4 Å². The molecule has 2 heterocycles. The van der Waals surface area contributed by atoms with Gasteiger partial charge in [-0.1, -0.05) is 24.3 Å². The molecule has 0 saturated carbocycles. The number of aliphatic imine (C=N–C) groups is 1. The fourth-order valence-electron chi connectivity index (χ4n) is 2.74. The zero-order valence-corrected chi connectivity index (χ0v) is 16.6. The molecule has 3 amide bonds. The largest absolute Gasteiger partial charge is 0.496 e. The minimum absolute atomic E-state index is 0.102. The number of amides is 3. The van der Waals surface area contributed by atoms with Crippen LogP contribution >= 0.6 is 11.3 Å². The van der Waals surface area contributed by atoms with Gasteiger partial charge in [0.05, 0.1) is 19.2 Å². The molecule has 0 aliphatic carbocycles. The van der Waals surface area contributed by atoms with Crippen LogP contribution in [0, 0.1) is 5.92 Å². The number of carbonyl (C=O) groups is 3. The first-order valence-corrected chi connectivity index (χ1v) is 9.83. The van der Waals surface area contributed by atoms with Crippen molar-refractivity contribution in [3.63, 3.8) is 0 Å². The summed E-state index contributed by atoms with van der Waals surface area (Å²) >= 11 is 1.20. The number of ether oxygens (including phenoxy) is 1. The molecule has 150 valence electrons. The van der Waals surface area contributed by atoms with Gasteiger partial charge < -0.3 is 15.4 Å². The van der Waals surface area contributed by atoms with Crippen molar-refractivity contribution in [2.45, 2.75) is 12.8 Å². The van der Waals surface area contributed by atoms with Gasteiger partial charge in [0.15, 0.2) is 5.13 Å². The Bertz CT molecular complexity index is 967. The summed E-state index contributed by atoms with van der Waals surface area (Å²) in [6.45, 7) is 0.476. The molecule has 8 nitrogen and oxygen atoms in total. The fraction of sp³-hybridized carbons (Fsp3) is 0.250. The number of rotatable bonds is 8. The molecule has 1 aromatic carbocycles. The lowest BCUT2D eigenvalue weighted by Crippen LogP contribution is -2.28. The number of hydrogen-bond donors (Lipinski definition) is 2. The summed E-state index contributed by atoms with van der Waals surface area (Å²) in [7, 11) is 1.61. The summed E-state index contributed by atoms with van der Waals surface area (Å²) in [6.07, 6.45) is 5.13. The van der Waals surface area contributed by atoms with Crippen LogP contribution in [0.5, 0.6) is 5.75 Å². The number of nitrogens with one attached hydrogen (secondary N) is 2. The molecular weight excluding hydrogens is 392 g/mol. The first-order chi connectivity index (χ1) is 14.1. The van der Waals surface area contributed by atoms with Crippen molar-refractivity contribution in [3.05, 3.63) is 53.1 Å². The molecule has 3 rings (SSSR count). The van der Waals surface area contributed by atoms with Gasteiger partial charge in [-0.15, -0.1) is 11.3 Å². The molecule has 9 heteroatoms. The van der Waals surface area contributed by atoms with Crippen LogP contribution in [0.3, 0.4) is 0 Å². The molecule has 0 fully saturated rings. The smallest absolute Gasteiger partial charge is 0.262 e. The topological polar surface area (TPSA) is 110 Å². The Morgan fingerprint density at radius 3 is 2.90 bits per heavy atom. The molecule has 1 aliphatic heterocycles. The zero-order chi connectivity index (χ0) is 20.6. The normalized spacial score (nSPS) is 15.2. The lowest BCUT2D eigenvalue weighted by molar-refractivity contribution is -0.128. The predicted molar refractivity (Wildman–Crippen MR) is 110 cm³/mol. The molecule has 0 saturated heterocycles. The molecule has 2 N–H and O–H groups in total. The second-order valence-corrected chi connectivity index (χ2v) is 7.06. The van der Waals surface area contributed by atoms with Crippen molar-refractivity contribution in [3.8, 4) is 5.75 Å². The van der Waals surface area contributed by atoms with Gasteiger partial charge in [0.2, 0.25) is 11.8 Å². The number of dihydropyridines is 1. The van der Waals surface area contributed by atoms with E-state index in [1.165, 1.54) is 23.6 Å². The highest BCUT2D eigenvalue weighted by molar-refractivity contribution is 7.14. The standard InChI is InChI=1S/C20H20N4O4S/c1-28-16-7-3-2-5-13(16)8-10-21-17(25)11-14-12-29-20(23-14)24-19(27)15-6-4-9-22-18(15)26/h2-7,9,12,15H,8,10-11H2,1H3,(H,21,25)(H,23,24,27). The van der Waals surface area contributed by atoms with Gasteiger partial charge in [-0.2, -0.15) is 0 Å². The lowest BCUT2D eigenvalue weighted by atomic mass is 10.1. The molecular formula is C20H20N4O4S. The summed E-state index contributed by atoms with van der Waals surface area (Å²) in [6, 6.07) is 7.66. The first kappa shape index (κ1) is 20.4. The van der Waals surface area contributed by atoms with Crippen molar-refractivity contribution in [1.82, 2.24) is 10.3 Å². The number of para-hydroxylation sites is 1. The summed E-state index contributed by atoms with van der Waals surface area (Å²) in [5.41, 5.74) is 1.56. The summed E-state index contributed by atoms with van der Waals surface area (Å²) in [5, 5.41) is 7.48. The molecule has 0 bridgehead atoms. The van der Waals surface area contributed by atoms with Gasteiger partial charge in [0, 0.05) is 18.1 Å². The third kappa shape index (κ3) is 5.58. The zero-order valence-electron chi connectivity index (χ0n) is 15.8. The number of nitrogens with zero attached hydrogens (tertiary/aromatic N) is 2. The van der Waals surface area contributed by atoms with Crippen LogP contribution in [-0.4, -0.2) is 42.6 Å². The van der Waals surface area contributed by atoms with E-state index in [-0.39, 0.29) is 12.3 Å². The Hall–Kier alpha value is -3.33. The van der Waals surface area contributed by atoms with E-state index in [4.69, 9.17) is 4.74 Å². The van der Waals surface area contributed by atoms with E-state index < -0.39 is 17.7 Å². The maximum Gasteiger partial charge on any atom is 0.262 e. The highest BCUT2D eigenvalue weighted by Gasteiger charge is 2.25. The maximum absolute atomic E-state index is 12.2. The van der Waals surface area contributed by atoms with Crippen LogP contribution in [0.25, 0.3) is 0 Å². The number of anilines is 1. The molecule has 2 aromatic rings. The molecule has 0 radical (unpaired) electrons. The van der Waals surface area contributed by atoms with Gasteiger partial charge in [-0.25, -0.2) is 9.98 Å². The SMILES string of the molecule is COc1ccccc1CCNC(=O)Cc1csc(NC(=O)C2C=CC=NC2=O)n1. The highest BCUT2D eigenvalue weighted by Crippen LogP contribution is 2.19. The van der Waals surface area contributed by atoms with E-state index in [2.05, 4.69) is 20.6 Å². The van der Waals surface area contributed by atoms with Crippen LogP contribution in [0.1, 0.15) is 11.3 Å². The average Bonchev–Trinajstić information content (AvgIpc) is 3.15. The number of thiazole rings is 1. The maximum atomic E-state index is 12.2. The van der Waals surface area contributed by atoms with E-state index in [0.29, 0.717) is 23.8 Å². The Morgan fingerprint density at radius 1 is 1.28 bits per heavy atom. The number of aromatic nitrogens is 1. The van der Waals surface area contributed by atoms with Gasteiger partial charge in [0.1, 0.15) is 11.7 Å². The molecule has 29 heavy (non-hydrogen) atoms. The Morgan fingerprint density at radius 2 is 2.10 bits per heavy atom. The van der Waals surface area contributed by atoms with Gasteiger partial charge in [0.25, 0.3) is 5.91 Å². The summed E-state index contributed by atoms with van der Waals surface area (Å²) in [5.74, 6) is -1.34. The Balaban J connectivity index is 1.46. The average molecular weight is 412 g/mol. The summed E-state index contributed by atoms with van der Waals surface area (Å²) in [4.78, 5) is 43.8. The van der Waals surface area contributed by atoms with Gasteiger partial charge in [-0.05, 0) is 24.1 Å². The number of methoxy groups -OCH3 is 1. The molecule has 1 aliphatic rings. The second-order valence-electron chi connectivity index (χ2n) is 6.20. The van der Waals surface area contributed by atoms with Crippen molar-refractivity contribution in [2.24, 2.45) is 10.9 Å². The quantitative estimate of drug-likeness (QED) is 0.642. The molecule has 1 atom stereocenters. The monoisotopic (exact) mass is 412 g/mol. The fourth-order valence-corrected chi connectivity index (χ4v) is 3.45. The number of hydrogen-bond acceptors (Lipinski definition) is 6.